The first-order chi connectivity index (χ1) is 12.7. The first-order valence-corrected chi connectivity index (χ1v) is 10.1. The number of benzene rings is 1. The lowest BCUT2D eigenvalue weighted by Gasteiger charge is -2.26. The Hall–Kier alpha value is -1.75. The van der Waals surface area contributed by atoms with E-state index in [9.17, 15) is 4.79 Å². The van der Waals surface area contributed by atoms with Gasteiger partial charge in [-0.25, -0.2) is 0 Å². The van der Waals surface area contributed by atoms with Gasteiger partial charge in [-0.1, -0.05) is 18.9 Å². The molecule has 1 aliphatic heterocycles. The van der Waals surface area contributed by atoms with Crippen LogP contribution in [-0.2, 0) is 11.2 Å². The van der Waals surface area contributed by atoms with Crippen molar-refractivity contribution < 1.29 is 14.3 Å². The Morgan fingerprint density at radius 1 is 1.08 bits per heavy atom. The van der Waals surface area contributed by atoms with Crippen molar-refractivity contribution >= 4 is 5.91 Å². The van der Waals surface area contributed by atoms with Gasteiger partial charge in [-0.15, -0.1) is 0 Å². The van der Waals surface area contributed by atoms with E-state index < -0.39 is 0 Å². The minimum atomic E-state index is -0.0487. The fourth-order valence-electron chi connectivity index (χ4n) is 3.38. The fourth-order valence-corrected chi connectivity index (χ4v) is 3.38. The van der Waals surface area contributed by atoms with E-state index in [1.165, 1.54) is 25.7 Å². The second-order valence-electron chi connectivity index (χ2n) is 6.81. The molecule has 0 aromatic heterocycles. The van der Waals surface area contributed by atoms with E-state index in [0.717, 1.165) is 36.6 Å². The summed E-state index contributed by atoms with van der Waals surface area (Å²) in [5.41, 5.74) is 1.14. The van der Waals surface area contributed by atoms with Gasteiger partial charge < -0.3 is 14.8 Å². The van der Waals surface area contributed by atoms with Crippen molar-refractivity contribution in [3.8, 4) is 11.5 Å². The fraction of sp³-hybridized carbons (Fsp3) is 0.667. The van der Waals surface area contributed by atoms with Crippen molar-refractivity contribution in [1.29, 1.82) is 0 Å². The number of amides is 1. The Balaban J connectivity index is 1.84. The molecule has 0 saturated carbocycles. The molecule has 0 radical (unpaired) electrons. The Bertz CT molecular complexity index is 554. The average molecular weight is 363 g/mol. The van der Waals surface area contributed by atoms with Gasteiger partial charge in [0.25, 0.3) is 0 Å². The number of carbonyl (C=O) groups is 1. The van der Waals surface area contributed by atoms with Gasteiger partial charge in [-0.3, -0.25) is 9.69 Å². The Labute approximate surface area is 158 Å². The summed E-state index contributed by atoms with van der Waals surface area (Å²) in [4.78, 5) is 14.8. The molecule has 1 aliphatic rings. The Kier molecular flexibility index (Phi) is 8.75. The summed E-state index contributed by atoms with van der Waals surface area (Å²) < 4.78 is 11.3. The van der Waals surface area contributed by atoms with E-state index >= 15 is 0 Å². The van der Waals surface area contributed by atoms with Crippen LogP contribution in [0, 0.1) is 0 Å². The lowest BCUT2D eigenvalue weighted by Crippen LogP contribution is -2.46. The van der Waals surface area contributed by atoms with Crippen molar-refractivity contribution in [1.82, 2.24) is 10.2 Å². The number of ether oxygens (including phenoxy) is 2. The predicted molar refractivity (Wildman–Crippen MR) is 105 cm³/mol. The summed E-state index contributed by atoms with van der Waals surface area (Å²) in [6.45, 7) is 9.87. The van der Waals surface area contributed by atoms with Crippen LogP contribution in [0.25, 0.3) is 0 Å². The number of nitrogens with zero attached hydrogens (tertiary/aromatic N) is 1. The number of hydrogen-bond donors (Lipinski definition) is 1. The number of nitrogens with one attached hydrogen (secondary N) is 1. The van der Waals surface area contributed by atoms with Crippen molar-refractivity contribution in [2.45, 2.75) is 58.9 Å². The third-order valence-corrected chi connectivity index (χ3v) is 4.89. The van der Waals surface area contributed by atoms with Gasteiger partial charge in [0.2, 0.25) is 5.91 Å². The molecule has 2 rings (SSSR count). The van der Waals surface area contributed by atoms with Crippen LogP contribution in [0.1, 0.15) is 52.0 Å². The van der Waals surface area contributed by atoms with Gasteiger partial charge in [0.1, 0.15) is 0 Å². The molecule has 1 heterocycles. The molecular formula is C21H34N2O3. The van der Waals surface area contributed by atoms with Gasteiger partial charge in [0.15, 0.2) is 11.5 Å². The van der Waals surface area contributed by atoms with E-state index in [2.05, 4.69) is 10.2 Å². The summed E-state index contributed by atoms with van der Waals surface area (Å²) in [5.74, 6) is 1.68. The molecule has 1 saturated heterocycles. The van der Waals surface area contributed by atoms with Crippen LogP contribution in [0.15, 0.2) is 18.2 Å². The van der Waals surface area contributed by atoms with Crippen molar-refractivity contribution in [3.63, 3.8) is 0 Å². The Morgan fingerprint density at radius 3 is 2.38 bits per heavy atom. The van der Waals surface area contributed by atoms with Gasteiger partial charge >= 0.3 is 0 Å². The van der Waals surface area contributed by atoms with Gasteiger partial charge in [-0.05, 0) is 70.8 Å². The topological polar surface area (TPSA) is 50.8 Å². The summed E-state index contributed by atoms with van der Waals surface area (Å²) in [6.07, 6.45) is 5.74. The maximum Gasteiger partial charge on any atom is 0.237 e. The molecule has 1 aromatic rings. The van der Waals surface area contributed by atoms with E-state index in [4.69, 9.17) is 9.47 Å². The highest BCUT2D eigenvalue weighted by Gasteiger charge is 2.21. The zero-order valence-corrected chi connectivity index (χ0v) is 16.6. The molecule has 146 valence electrons. The van der Waals surface area contributed by atoms with E-state index in [1.54, 1.807) is 0 Å². The molecule has 1 atom stereocenters. The lowest BCUT2D eigenvalue weighted by atomic mass is 10.1. The largest absolute Gasteiger partial charge is 0.490 e. The lowest BCUT2D eigenvalue weighted by molar-refractivity contribution is -0.125. The molecule has 1 N–H and O–H groups in total. The number of rotatable bonds is 9. The molecule has 0 spiro atoms. The van der Waals surface area contributed by atoms with Gasteiger partial charge in [0.05, 0.1) is 19.3 Å². The van der Waals surface area contributed by atoms with Crippen LogP contribution in [0.5, 0.6) is 11.5 Å². The molecule has 5 nitrogen and oxygen atoms in total. The van der Waals surface area contributed by atoms with Gasteiger partial charge in [0, 0.05) is 6.54 Å². The maximum absolute atomic E-state index is 12.5. The molecule has 5 heteroatoms. The highest BCUT2D eigenvalue weighted by atomic mass is 16.5. The molecular weight excluding hydrogens is 328 g/mol. The molecule has 26 heavy (non-hydrogen) atoms. The van der Waals surface area contributed by atoms with Crippen LogP contribution >= 0.6 is 0 Å². The SMILES string of the molecule is CCOc1ccc(CCNC(=O)C(C)N2CCCCCC2)cc1OCC. The van der Waals surface area contributed by atoms with Crippen molar-refractivity contribution in [3.05, 3.63) is 23.8 Å². The summed E-state index contributed by atoms with van der Waals surface area (Å²) in [7, 11) is 0. The number of likely N-dealkylation sites (tertiary alicyclic amines) is 1. The number of hydrogen-bond acceptors (Lipinski definition) is 4. The highest BCUT2D eigenvalue weighted by Crippen LogP contribution is 2.28. The van der Waals surface area contributed by atoms with Crippen LogP contribution in [0.4, 0.5) is 0 Å². The van der Waals surface area contributed by atoms with Crippen LogP contribution in [-0.4, -0.2) is 49.7 Å². The van der Waals surface area contributed by atoms with Crippen molar-refractivity contribution in [2.24, 2.45) is 0 Å². The maximum atomic E-state index is 12.5. The van der Waals surface area contributed by atoms with Crippen LogP contribution < -0.4 is 14.8 Å². The molecule has 1 unspecified atom stereocenters. The predicted octanol–water partition coefficient (Wildman–Crippen LogP) is 3.41. The second kappa shape index (κ2) is 11.1. The minimum Gasteiger partial charge on any atom is -0.490 e. The van der Waals surface area contributed by atoms with Crippen LogP contribution in [0.3, 0.4) is 0 Å². The second-order valence-corrected chi connectivity index (χ2v) is 6.81. The van der Waals surface area contributed by atoms with Crippen molar-refractivity contribution in [2.75, 3.05) is 32.8 Å². The Morgan fingerprint density at radius 2 is 1.73 bits per heavy atom. The number of carbonyl (C=O) groups excluding carboxylic acids is 1. The zero-order chi connectivity index (χ0) is 18.8. The molecule has 1 fully saturated rings. The van der Waals surface area contributed by atoms with Crippen LogP contribution in [0.2, 0.25) is 0 Å². The summed E-state index contributed by atoms with van der Waals surface area (Å²) in [5, 5.41) is 3.09. The highest BCUT2D eigenvalue weighted by molar-refractivity contribution is 5.81. The zero-order valence-electron chi connectivity index (χ0n) is 16.6. The third-order valence-electron chi connectivity index (χ3n) is 4.89. The standard InChI is InChI=1S/C21H34N2O3/c1-4-25-19-11-10-18(16-20(19)26-5-2)12-13-22-21(24)17(3)23-14-8-6-7-9-15-23/h10-11,16-17H,4-9,12-15H2,1-3H3,(H,22,24). The molecule has 0 bridgehead atoms. The monoisotopic (exact) mass is 362 g/mol. The molecule has 0 aliphatic carbocycles. The third kappa shape index (κ3) is 6.20. The first kappa shape index (κ1) is 20.6. The van der Waals surface area contributed by atoms with E-state index in [1.807, 2.05) is 39.0 Å². The van der Waals surface area contributed by atoms with E-state index in [0.29, 0.717) is 19.8 Å². The quantitative estimate of drug-likeness (QED) is 0.731. The van der Waals surface area contributed by atoms with Gasteiger partial charge in [-0.2, -0.15) is 0 Å². The average Bonchev–Trinajstić information content (AvgIpc) is 2.93. The molecule has 1 aromatic carbocycles. The molecule has 1 amide bonds. The minimum absolute atomic E-state index is 0.0487. The normalized spacial score (nSPS) is 16.6. The van der Waals surface area contributed by atoms with E-state index in [-0.39, 0.29) is 11.9 Å². The summed E-state index contributed by atoms with van der Waals surface area (Å²) >= 11 is 0. The first-order valence-electron chi connectivity index (χ1n) is 10.1. The summed E-state index contributed by atoms with van der Waals surface area (Å²) in [6, 6.07) is 5.95. The smallest absolute Gasteiger partial charge is 0.237 e.